The quantitative estimate of drug-likeness (QED) is 0.856. The van der Waals surface area contributed by atoms with Crippen LogP contribution in [0, 0.1) is 11.3 Å². The first-order valence-electron chi connectivity index (χ1n) is 7.65. The lowest BCUT2D eigenvalue weighted by atomic mass is 10.2. The summed E-state index contributed by atoms with van der Waals surface area (Å²) >= 11 is 0. The van der Waals surface area contributed by atoms with Crippen molar-refractivity contribution in [1.82, 2.24) is 14.1 Å². The molecule has 1 saturated heterocycles. The summed E-state index contributed by atoms with van der Waals surface area (Å²) in [6, 6.07) is 8.88. The molecule has 1 aliphatic rings. The predicted molar refractivity (Wildman–Crippen MR) is 90.1 cm³/mol. The van der Waals surface area contributed by atoms with E-state index in [0.717, 1.165) is 17.5 Å². The van der Waals surface area contributed by atoms with Gasteiger partial charge in [0.25, 0.3) is 5.56 Å². The molecule has 124 valence electrons. The minimum Gasteiger partial charge on any atom is -0.365 e. The average molecular weight is 326 g/mol. The number of rotatable bonds is 3. The smallest absolute Gasteiger partial charge is 0.332 e. The zero-order valence-corrected chi connectivity index (χ0v) is 13.6. The van der Waals surface area contributed by atoms with Gasteiger partial charge in [-0.3, -0.25) is 13.9 Å². The van der Waals surface area contributed by atoms with Crippen molar-refractivity contribution < 1.29 is 0 Å². The van der Waals surface area contributed by atoms with Crippen LogP contribution in [0.1, 0.15) is 12.1 Å². The first-order valence-corrected chi connectivity index (χ1v) is 7.65. The Bertz CT molecular complexity index is 923. The van der Waals surface area contributed by atoms with Crippen LogP contribution in [0.5, 0.6) is 0 Å². The van der Waals surface area contributed by atoms with Gasteiger partial charge < -0.3 is 10.2 Å². The fraction of sp³-hybridized carbons (Fsp3) is 0.375. The summed E-state index contributed by atoms with van der Waals surface area (Å²) in [6.07, 6.45) is 0.849. The molecule has 2 aromatic heterocycles. The third kappa shape index (κ3) is 2.88. The van der Waals surface area contributed by atoms with Crippen LogP contribution in [-0.4, -0.2) is 33.2 Å². The van der Waals surface area contributed by atoms with Crippen LogP contribution in [0.25, 0.3) is 0 Å². The molecule has 0 aliphatic carbocycles. The molecule has 1 fully saturated rings. The average Bonchev–Trinajstić information content (AvgIpc) is 3.04. The number of nitriles is 1. The minimum absolute atomic E-state index is 0.130. The third-order valence-corrected chi connectivity index (χ3v) is 4.23. The van der Waals surface area contributed by atoms with E-state index in [1.807, 2.05) is 17.0 Å². The van der Waals surface area contributed by atoms with Crippen LogP contribution in [0.4, 0.5) is 11.6 Å². The van der Waals surface area contributed by atoms with Crippen molar-refractivity contribution in [2.75, 3.05) is 23.3 Å². The highest BCUT2D eigenvalue weighted by Crippen LogP contribution is 2.19. The van der Waals surface area contributed by atoms with Gasteiger partial charge in [0, 0.05) is 39.3 Å². The van der Waals surface area contributed by atoms with Crippen LogP contribution in [-0.2, 0) is 14.1 Å². The van der Waals surface area contributed by atoms with Gasteiger partial charge in [0.2, 0.25) is 0 Å². The van der Waals surface area contributed by atoms with E-state index in [0.29, 0.717) is 23.9 Å². The van der Waals surface area contributed by atoms with E-state index in [4.69, 9.17) is 5.26 Å². The molecule has 8 heteroatoms. The van der Waals surface area contributed by atoms with Crippen molar-refractivity contribution >= 4 is 11.6 Å². The lowest BCUT2D eigenvalue weighted by molar-refractivity contribution is 0.672. The largest absolute Gasteiger partial charge is 0.365 e. The van der Waals surface area contributed by atoms with E-state index in [1.54, 1.807) is 19.2 Å². The first-order chi connectivity index (χ1) is 11.5. The van der Waals surface area contributed by atoms with Gasteiger partial charge in [0.1, 0.15) is 23.4 Å². The van der Waals surface area contributed by atoms with Gasteiger partial charge >= 0.3 is 5.69 Å². The van der Waals surface area contributed by atoms with Crippen molar-refractivity contribution in [2.24, 2.45) is 14.1 Å². The van der Waals surface area contributed by atoms with Crippen molar-refractivity contribution in [3.05, 3.63) is 50.8 Å². The molecule has 24 heavy (non-hydrogen) atoms. The summed E-state index contributed by atoms with van der Waals surface area (Å²) in [4.78, 5) is 30.2. The zero-order valence-electron chi connectivity index (χ0n) is 13.6. The monoisotopic (exact) mass is 326 g/mol. The molecule has 1 N–H and O–H groups in total. The molecular weight excluding hydrogens is 308 g/mol. The Kier molecular flexibility index (Phi) is 4.08. The van der Waals surface area contributed by atoms with Crippen LogP contribution < -0.4 is 21.5 Å². The van der Waals surface area contributed by atoms with Crippen molar-refractivity contribution in [3.63, 3.8) is 0 Å². The maximum atomic E-state index is 12.1. The Balaban J connectivity index is 1.78. The summed E-state index contributed by atoms with van der Waals surface area (Å²) in [5.74, 6) is 1.27. The Labute approximate surface area is 138 Å². The van der Waals surface area contributed by atoms with Crippen LogP contribution >= 0.6 is 0 Å². The summed E-state index contributed by atoms with van der Waals surface area (Å²) < 4.78 is 2.57. The second-order valence-corrected chi connectivity index (χ2v) is 5.84. The van der Waals surface area contributed by atoms with E-state index >= 15 is 0 Å². The zero-order chi connectivity index (χ0) is 17.3. The standard InChI is InChI=1S/C16H18N6O2/c1-20-14(8-15(23)21(2)16(20)24)22-7-6-12(10-22)19-13-5-3-4-11(9-17)18-13/h3-5,8,12H,6-7,10H2,1-2H3,(H,18,19)/t12-/m0/s1. The number of hydrogen-bond donors (Lipinski definition) is 1. The van der Waals surface area contributed by atoms with Crippen LogP contribution in [0.15, 0.2) is 33.9 Å². The molecule has 8 nitrogen and oxygen atoms in total. The number of pyridine rings is 1. The fourth-order valence-corrected chi connectivity index (χ4v) is 2.90. The molecule has 0 saturated carbocycles. The van der Waals surface area contributed by atoms with Gasteiger partial charge in [-0.2, -0.15) is 5.26 Å². The van der Waals surface area contributed by atoms with Gasteiger partial charge in [-0.25, -0.2) is 9.78 Å². The summed E-state index contributed by atoms with van der Waals surface area (Å²) in [6.45, 7) is 1.38. The molecule has 0 amide bonds. The number of nitrogens with zero attached hydrogens (tertiary/aromatic N) is 5. The Morgan fingerprint density at radius 3 is 2.83 bits per heavy atom. The van der Waals surface area contributed by atoms with Crippen molar-refractivity contribution in [3.8, 4) is 6.07 Å². The normalized spacial score (nSPS) is 16.9. The predicted octanol–water partition coefficient (Wildman–Crippen LogP) is 0.0415. The van der Waals surface area contributed by atoms with Crippen LogP contribution in [0.3, 0.4) is 0 Å². The molecular formula is C16H18N6O2. The molecule has 0 radical (unpaired) electrons. The number of nitrogens with one attached hydrogen (secondary N) is 1. The molecule has 0 spiro atoms. The summed E-state index contributed by atoms with van der Waals surface area (Å²) in [7, 11) is 3.13. The van der Waals surface area contributed by atoms with Gasteiger partial charge in [-0.15, -0.1) is 0 Å². The maximum Gasteiger partial charge on any atom is 0.332 e. The minimum atomic E-state index is -0.336. The highest BCUT2D eigenvalue weighted by Gasteiger charge is 2.25. The number of anilines is 2. The lowest BCUT2D eigenvalue weighted by Crippen LogP contribution is -2.40. The van der Waals surface area contributed by atoms with E-state index in [9.17, 15) is 9.59 Å². The highest BCUT2D eigenvalue weighted by atomic mass is 16.2. The lowest BCUT2D eigenvalue weighted by Gasteiger charge is -2.21. The molecule has 3 heterocycles. The van der Waals surface area contributed by atoms with Gasteiger partial charge in [-0.05, 0) is 18.6 Å². The van der Waals surface area contributed by atoms with E-state index < -0.39 is 0 Å². The second-order valence-electron chi connectivity index (χ2n) is 5.84. The van der Waals surface area contributed by atoms with Crippen LogP contribution in [0.2, 0.25) is 0 Å². The van der Waals surface area contributed by atoms with E-state index in [-0.39, 0.29) is 17.3 Å². The fourth-order valence-electron chi connectivity index (χ4n) is 2.90. The first kappa shape index (κ1) is 15.8. The van der Waals surface area contributed by atoms with Gasteiger partial charge in [0.15, 0.2) is 0 Å². The SMILES string of the molecule is Cn1c(N2CC[C@H](Nc3cccc(C#N)n3)C2)cc(=O)n(C)c1=O. The molecule has 2 aromatic rings. The molecule has 0 unspecified atom stereocenters. The van der Waals surface area contributed by atoms with Crippen molar-refractivity contribution in [2.45, 2.75) is 12.5 Å². The third-order valence-electron chi connectivity index (χ3n) is 4.23. The molecule has 1 aliphatic heterocycles. The summed E-state index contributed by atoms with van der Waals surface area (Å²) in [5, 5.41) is 12.2. The molecule has 1 atom stereocenters. The molecule has 0 aromatic carbocycles. The van der Waals surface area contributed by atoms with Crippen molar-refractivity contribution in [1.29, 1.82) is 5.26 Å². The van der Waals surface area contributed by atoms with Gasteiger partial charge in [0.05, 0.1) is 0 Å². The molecule has 3 rings (SSSR count). The maximum absolute atomic E-state index is 12.1. The topological polar surface area (TPSA) is 95.9 Å². The van der Waals surface area contributed by atoms with Gasteiger partial charge in [-0.1, -0.05) is 6.07 Å². The van der Waals surface area contributed by atoms with E-state index in [2.05, 4.69) is 10.3 Å². The molecule has 0 bridgehead atoms. The Morgan fingerprint density at radius 1 is 1.29 bits per heavy atom. The Morgan fingerprint density at radius 2 is 2.08 bits per heavy atom. The van der Waals surface area contributed by atoms with E-state index in [1.165, 1.54) is 17.7 Å². The highest BCUT2D eigenvalue weighted by molar-refractivity contribution is 5.44. The summed E-state index contributed by atoms with van der Waals surface area (Å²) in [5.41, 5.74) is -0.283. The second kappa shape index (κ2) is 6.20. The number of aromatic nitrogens is 3. The Hall–Kier alpha value is -3.08. The number of hydrogen-bond acceptors (Lipinski definition) is 6.